The Morgan fingerprint density at radius 3 is 2.19 bits per heavy atom. The number of pyridine rings is 1. The number of amides is 2. The fourth-order valence-electron chi connectivity index (χ4n) is 3.35. The van der Waals surface area contributed by atoms with E-state index < -0.39 is 38.5 Å². The zero-order chi connectivity index (χ0) is 23.3. The number of anilines is 2. The van der Waals surface area contributed by atoms with Crippen molar-refractivity contribution in [2.24, 2.45) is 0 Å². The molecule has 11 heteroatoms. The Morgan fingerprint density at radius 1 is 0.938 bits per heavy atom. The molecule has 0 radical (unpaired) electrons. The van der Waals surface area contributed by atoms with Crippen molar-refractivity contribution in [2.75, 3.05) is 9.62 Å². The van der Waals surface area contributed by atoms with Crippen molar-refractivity contribution in [3.63, 3.8) is 0 Å². The van der Waals surface area contributed by atoms with Crippen molar-refractivity contribution < 1.29 is 31.2 Å². The van der Waals surface area contributed by atoms with Gasteiger partial charge in [-0.3, -0.25) is 19.3 Å². The number of benzene rings is 2. The summed E-state index contributed by atoms with van der Waals surface area (Å²) in [6.07, 6.45) is -1.82. The van der Waals surface area contributed by atoms with Gasteiger partial charge in [0, 0.05) is 6.20 Å². The normalized spacial score (nSPS) is 13.9. The van der Waals surface area contributed by atoms with Gasteiger partial charge in [0.2, 0.25) is 0 Å². The predicted molar refractivity (Wildman–Crippen MR) is 109 cm³/mol. The number of halogens is 3. The second-order valence-corrected chi connectivity index (χ2v) is 8.65. The van der Waals surface area contributed by atoms with E-state index in [-0.39, 0.29) is 22.5 Å². The van der Waals surface area contributed by atoms with Crippen LogP contribution in [0.25, 0.3) is 0 Å². The minimum atomic E-state index is -4.62. The highest BCUT2D eigenvalue weighted by Gasteiger charge is 2.40. The van der Waals surface area contributed by atoms with Gasteiger partial charge in [0.25, 0.3) is 21.8 Å². The molecule has 2 heterocycles. The number of carbonyl (C=O) groups excluding carboxylic acids is 2. The number of hydrogen-bond donors (Lipinski definition) is 1. The molecule has 2 aromatic carbocycles. The molecule has 0 saturated carbocycles. The smallest absolute Gasteiger partial charge is 0.279 e. The number of fused-ring (bicyclic) bond motifs is 1. The number of carbonyl (C=O) groups is 2. The van der Waals surface area contributed by atoms with E-state index >= 15 is 0 Å². The maximum Gasteiger partial charge on any atom is 0.416 e. The topological polar surface area (TPSA) is 96.4 Å². The molecule has 3 aromatic rings. The van der Waals surface area contributed by atoms with Gasteiger partial charge in [0.1, 0.15) is 0 Å². The number of nitrogens with zero attached hydrogens (tertiary/aromatic N) is 2. The molecule has 0 aliphatic carbocycles. The van der Waals surface area contributed by atoms with Gasteiger partial charge in [-0.15, -0.1) is 0 Å². The van der Waals surface area contributed by atoms with E-state index in [9.17, 15) is 31.2 Å². The zero-order valence-electron chi connectivity index (χ0n) is 16.3. The van der Waals surface area contributed by atoms with Crippen molar-refractivity contribution in [2.45, 2.75) is 18.0 Å². The summed E-state index contributed by atoms with van der Waals surface area (Å²) in [5.74, 6) is -1.38. The number of sulfonamides is 1. The van der Waals surface area contributed by atoms with Gasteiger partial charge in [-0.1, -0.05) is 6.07 Å². The van der Waals surface area contributed by atoms with Crippen LogP contribution in [0.2, 0.25) is 0 Å². The van der Waals surface area contributed by atoms with E-state index in [4.69, 9.17) is 0 Å². The summed E-state index contributed by atoms with van der Waals surface area (Å²) in [4.78, 5) is 30.4. The Balaban J connectivity index is 1.74. The van der Waals surface area contributed by atoms with Crippen LogP contribution in [0, 0.1) is 6.92 Å². The predicted octanol–water partition coefficient (Wildman–Crippen LogP) is 4.01. The van der Waals surface area contributed by atoms with Gasteiger partial charge < -0.3 is 0 Å². The molecule has 32 heavy (non-hydrogen) atoms. The molecule has 4 rings (SSSR count). The first kappa shape index (κ1) is 21.5. The van der Waals surface area contributed by atoms with Gasteiger partial charge in [-0.2, -0.15) is 13.2 Å². The fraction of sp³-hybridized carbons (Fsp3) is 0.0952. The number of alkyl halides is 3. The molecule has 164 valence electrons. The Kier molecular flexibility index (Phi) is 5.00. The first-order valence-electron chi connectivity index (χ1n) is 9.13. The lowest BCUT2D eigenvalue weighted by atomic mass is 10.0. The van der Waals surface area contributed by atoms with Crippen molar-refractivity contribution in [1.29, 1.82) is 0 Å². The zero-order valence-corrected chi connectivity index (χ0v) is 17.2. The van der Waals surface area contributed by atoms with E-state index in [1.165, 1.54) is 30.6 Å². The highest BCUT2D eigenvalue weighted by molar-refractivity contribution is 7.92. The Hall–Kier alpha value is -3.73. The first-order valence-corrected chi connectivity index (χ1v) is 10.6. The first-order chi connectivity index (χ1) is 15.0. The Bertz CT molecular complexity index is 1340. The van der Waals surface area contributed by atoms with Crippen LogP contribution in [0.4, 0.5) is 24.5 Å². The average Bonchev–Trinajstić information content (AvgIpc) is 3.01. The minimum Gasteiger partial charge on any atom is -0.279 e. The van der Waals surface area contributed by atoms with Crippen molar-refractivity contribution in [1.82, 2.24) is 4.98 Å². The molecule has 1 aromatic heterocycles. The summed E-state index contributed by atoms with van der Waals surface area (Å²) >= 11 is 0. The second kappa shape index (κ2) is 7.45. The standard InChI is InChI=1S/C21H14F3N3O4S/c1-12-4-9-16(26-32(30,31)15-7-5-13(6-8-15)21(22,23)24)18-17(12)19(28)27(20(18)29)14-3-2-10-25-11-14/h2-11,26H,1H3. The highest BCUT2D eigenvalue weighted by Crippen LogP contribution is 2.36. The lowest BCUT2D eigenvalue weighted by Crippen LogP contribution is -2.29. The number of rotatable bonds is 4. The lowest BCUT2D eigenvalue weighted by molar-refractivity contribution is -0.137. The van der Waals surface area contributed by atoms with Crippen LogP contribution in [0.1, 0.15) is 31.8 Å². The quantitative estimate of drug-likeness (QED) is 0.593. The molecule has 7 nitrogen and oxygen atoms in total. The van der Waals surface area contributed by atoms with Crippen LogP contribution in [-0.2, 0) is 16.2 Å². The average molecular weight is 461 g/mol. The fourth-order valence-corrected chi connectivity index (χ4v) is 4.42. The molecule has 0 atom stereocenters. The molecule has 0 unspecified atom stereocenters. The number of aromatic nitrogens is 1. The highest BCUT2D eigenvalue weighted by atomic mass is 32.2. The Morgan fingerprint density at radius 2 is 1.59 bits per heavy atom. The van der Waals surface area contributed by atoms with E-state index in [1.807, 2.05) is 0 Å². The van der Waals surface area contributed by atoms with E-state index in [0.29, 0.717) is 17.7 Å². The van der Waals surface area contributed by atoms with Crippen molar-refractivity contribution >= 4 is 33.2 Å². The maximum absolute atomic E-state index is 13.1. The lowest BCUT2D eigenvalue weighted by Gasteiger charge is -2.14. The van der Waals surface area contributed by atoms with Crippen LogP contribution in [0.3, 0.4) is 0 Å². The summed E-state index contributed by atoms with van der Waals surface area (Å²) in [5.41, 5.74) is -0.589. The molecule has 1 N–H and O–H groups in total. The van der Waals surface area contributed by atoms with Gasteiger partial charge in [-0.25, -0.2) is 13.3 Å². The van der Waals surface area contributed by atoms with Gasteiger partial charge in [0.05, 0.1) is 39.2 Å². The van der Waals surface area contributed by atoms with Crippen molar-refractivity contribution in [3.05, 3.63) is 83.2 Å². The molecule has 1 aliphatic heterocycles. The summed E-state index contributed by atoms with van der Waals surface area (Å²) in [7, 11) is -4.34. The Labute approximate surface area is 180 Å². The molecule has 0 bridgehead atoms. The number of aryl methyl sites for hydroxylation is 1. The molecule has 1 aliphatic rings. The molecule has 2 amide bonds. The molecule has 0 saturated heterocycles. The van der Waals surface area contributed by atoms with E-state index in [2.05, 4.69) is 9.71 Å². The van der Waals surface area contributed by atoms with Crippen molar-refractivity contribution in [3.8, 4) is 0 Å². The second-order valence-electron chi connectivity index (χ2n) is 6.96. The third kappa shape index (κ3) is 3.60. The van der Waals surface area contributed by atoms with Crippen LogP contribution in [0.5, 0.6) is 0 Å². The monoisotopic (exact) mass is 461 g/mol. The van der Waals surface area contributed by atoms with Crippen LogP contribution >= 0.6 is 0 Å². The number of hydrogen-bond acceptors (Lipinski definition) is 5. The SMILES string of the molecule is Cc1ccc(NS(=O)(=O)c2ccc(C(F)(F)F)cc2)c2c1C(=O)N(c1cccnc1)C2=O. The summed E-state index contributed by atoms with van der Waals surface area (Å²) < 4.78 is 66.1. The summed E-state index contributed by atoms with van der Waals surface area (Å²) in [6.45, 7) is 1.60. The van der Waals surface area contributed by atoms with Crippen LogP contribution < -0.4 is 9.62 Å². The van der Waals surface area contributed by atoms with Gasteiger partial charge in [-0.05, 0) is 55.0 Å². The third-order valence-corrected chi connectivity index (χ3v) is 6.27. The minimum absolute atomic E-state index is 0.0338. The molecular formula is C21H14F3N3O4S. The van der Waals surface area contributed by atoms with Gasteiger partial charge >= 0.3 is 6.18 Å². The maximum atomic E-state index is 13.1. The van der Waals surface area contributed by atoms with Crippen LogP contribution in [0.15, 0.2) is 65.8 Å². The van der Waals surface area contributed by atoms with E-state index in [1.54, 1.807) is 13.0 Å². The number of imide groups is 1. The number of nitrogens with one attached hydrogen (secondary N) is 1. The molecular weight excluding hydrogens is 447 g/mol. The van der Waals surface area contributed by atoms with Gasteiger partial charge in [0.15, 0.2) is 0 Å². The van der Waals surface area contributed by atoms with Crippen LogP contribution in [-0.4, -0.2) is 25.2 Å². The van der Waals surface area contributed by atoms with E-state index in [0.717, 1.165) is 17.0 Å². The largest absolute Gasteiger partial charge is 0.416 e. The molecule has 0 spiro atoms. The third-order valence-electron chi connectivity index (χ3n) is 4.89. The summed E-state index contributed by atoms with van der Waals surface area (Å²) in [6, 6.07) is 8.77. The molecule has 0 fully saturated rings. The summed E-state index contributed by atoms with van der Waals surface area (Å²) in [5, 5.41) is 0.